The zero-order valence-electron chi connectivity index (χ0n) is 13.4. The van der Waals surface area contributed by atoms with E-state index in [1.165, 1.54) is 25.3 Å². The number of hydrogen-bond donors (Lipinski definition) is 1. The number of alkyl halides is 2. The monoisotopic (exact) mass is 388 g/mol. The number of benzene rings is 2. The summed E-state index contributed by atoms with van der Waals surface area (Å²) < 4.78 is 60.6. The van der Waals surface area contributed by atoms with Crippen molar-refractivity contribution in [2.24, 2.45) is 0 Å². The second-order valence-corrected chi connectivity index (χ2v) is 6.71. The van der Waals surface area contributed by atoms with Crippen molar-refractivity contribution in [3.63, 3.8) is 0 Å². The number of non-ortho nitro benzene ring substituents is 1. The fourth-order valence-electron chi connectivity index (χ4n) is 2.02. The molecule has 0 atom stereocenters. The summed E-state index contributed by atoms with van der Waals surface area (Å²) in [6.45, 7) is -3.17. The van der Waals surface area contributed by atoms with Gasteiger partial charge in [0, 0.05) is 18.7 Å². The Morgan fingerprint density at radius 2 is 1.81 bits per heavy atom. The van der Waals surface area contributed by atoms with Crippen molar-refractivity contribution in [2.45, 2.75) is 18.1 Å². The quantitative estimate of drug-likeness (QED) is 0.550. The summed E-state index contributed by atoms with van der Waals surface area (Å²) in [7, 11) is -2.65. The maximum Gasteiger partial charge on any atom is 0.387 e. The molecule has 2 rings (SSSR count). The van der Waals surface area contributed by atoms with Crippen LogP contribution in [-0.4, -0.2) is 27.1 Å². The van der Waals surface area contributed by atoms with Gasteiger partial charge in [-0.1, -0.05) is 6.07 Å². The first-order chi connectivity index (χ1) is 12.2. The summed E-state index contributed by atoms with van der Waals surface area (Å²) in [5.74, 6) is -0.151. The molecule has 0 radical (unpaired) electrons. The molecule has 0 bridgehead atoms. The lowest BCUT2D eigenvalue weighted by Crippen LogP contribution is -2.23. The summed E-state index contributed by atoms with van der Waals surface area (Å²) >= 11 is 0. The zero-order valence-corrected chi connectivity index (χ0v) is 14.2. The summed E-state index contributed by atoms with van der Waals surface area (Å²) in [4.78, 5) is 9.81. The predicted octanol–water partition coefficient (Wildman–Crippen LogP) is 2.68. The van der Waals surface area contributed by atoms with Gasteiger partial charge in [-0.3, -0.25) is 10.1 Å². The van der Waals surface area contributed by atoms with Gasteiger partial charge in [0.05, 0.1) is 16.9 Å². The smallest absolute Gasteiger partial charge is 0.387 e. The van der Waals surface area contributed by atoms with E-state index in [2.05, 4.69) is 9.46 Å². The highest BCUT2D eigenvalue weighted by Gasteiger charge is 2.17. The fraction of sp³-hybridized carbons (Fsp3) is 0.200. The van der Waals surface area contributed by atoms with Gasteiger partial charge in [-0.25, -0.2) is 13.1 Å². The van der Waals surface area contributed by atoms with Gasteiger partial charge >= 0.3 is 6.61 Å². The van der Waals surface area contributed by atoms with Crippen LogP contribution >= 0.6 is 0 Å². The first-order valence-electron chi connectivity index (χ1n) is 7.09. The number of sulfonamides is 1. The molecule has 0 aliphatic carbocycles. The number of nitrogens with one attached hydrogen (secondary N) is 1. The second-order valence-electron chi connectivity index (χ2n) is 4.94. The summed E-state index contributed by atoms with van der Waals surface area (Å²) in [5.41, 5.74) is 0.206. The normalized spacial score (nSPS) is 11.4. The third-order valence-electron chi connectivity index (χ3n) is 3.27. The van der Waals surface area contributed by atoms with E-state index in [1.54, 1.807) is 0 Å². The summed E-state index contributed by atoms with van der Waals surface area (Å²) in [6, 6.07) is 8.37. The molecule has 0 heterocycles. The Morgan fingerprint density at radius 1 is 1.15 bits per heavy atom. The molecular weight excluding hydrogens is 374 g/mol. The van der Waals surface area contributed by atoms with Crippen LogP contribution in [0.15, 0.2) is 47.4 Å². The van der Waals surface area contributed by atoms with Gasteiger partial charge < -0.3 is 9.47 Å². The first-order valence-corrected chi connectivity index (χ1v) is 8.57. The van der Waals surface area contributed by atoms with Gasteiger partial charge in [-0.15, -0.1) is 0 Å². The molecule has 0 unspecified atom stereocenters. The lowest BCUT2D eigenvalue weighted by molar-refractivity contribution is -0.384. The number of rotatable bonds is 8. The van der Waals surface area contributed by atoms with E-state index in [0.29, 0.717) is 5.56 Å². The second kappa shape index (κ2) is 8.06. The lowest BCUT2D eigenvalue weighted by atomic mass is 10.2. The first kappa shape index (κ1) is 19.5. The van der Waals surface area contributed by atoms with E-state index in [0.717, 1.165) is 24.3 Å². The van der Waals surface area contributed by atoms with E-state index < -0.39 is 21.6 Å². The molecule has 140 valence electrons. The third kappa shape index (κ3) is 4.86. The number of nitro benzene ring substituents is 1. The SMILES string of the molecule is COc1cc(CNS(=O)(=O)c2ccc([N+](=O)[O-])cc2)ccc1OC(F)F. The molecule has 0 spiro atoms. The van der Waals surface area contributed by atoms with Gasteiger partial charge in [-0.2, -0.15) is 8.78 Å². The van der Waals surface area contributed by atoms with Crippen molar-refractivity contribution in [1.29, 1.82) is 0 Å². The number of ether oxygens (including phenoxy) is 2. The molecule has 0 saturated heterocycles. The van der Waals surface area contributed by atoms with Crippen LogP contribution < -0.4 is 14.2 Å². The van der Waals surface area contributed by atoms with Crippen molar-refractivity contribution in [3.8, 4) is 11.5 Å². The van der Waals surface area contributed by atoms with Crippen LogP contribution in [-0.2, 0) is 16.6 Å². The minimum atomic E-state index is -3.91. The minimum absolute atomic E-state index is 0.0253. The molecule has 8 nitrogen and oxygen atoms in total. The minimum Gasteiger partial charge on any atom is -0.493 e. The van der Waals surface area contributed by atoms with Gasteiger partial charge in [0.25, 0.3) is 5.69 Å². The Balaban J connectivity index is 2.12. The topological polar surface area (TPSA) is 108 Å². The van der Waals surface area contributed by atoms with Crippen molar-refractivity contribution < 1.29 is 31.6 Å². The van der Waals surface area contributed by atoms with Crippen molar-refractivity contribution in [1.82, 2.24) is 4.72 Å². The van der Waals surface area contributed by atoms with E-state index in [1.807, 2.05) is 0 Å². The zero-order chi connectivity index (χ0) is 19.3. The van der Waals surface area contributed by atoms with E-state index in [9.17, 15) is 27.3 Å². The molecular formula is C15H14F2N2O6S. The Hall–Kier alpha value is -2.79. The third-order valence-corrected chi connectivity index (χ3v) is 4.69. The average molecular weight is 388 g/mol. The fourth-order valence-corrected chi connectivity index (χ4v) is 3.04. The highest BCUT2D eigenvalue weighted by Crippen LogP contribution is 2.29. The molecule has 1 N–H and O–H groups in total. The molecule has 2 aromatic rings. The molecule has 0 aliphatic rings. The van der Waals surface area contributed by atoms with Crippen LogP contribution in [0.1, 0.15) is 5.56 Å². The van der Waals surface area contributed by atoms with Crippen LogP contribution in [0.3, 0.4) is 0 Å². The Labute approximate surface area is 147 Å². The van der Waals surface area contributed by atoms with Crippen molar-refractivity contribution >= 4 is 15.7 Å². The van der Waals surface area contributed by atoms with Crippen LogP contribution in [0.25, 0.3) is 0 Å². The highest BCUT2D eigenvalue weighted by molar-refractivity contribution is 7.89. The molecule has 0 saturated carbocycles. The number of halogens is 2. The number of nitro groups is 1. The molecule has 0 amide bonds. The maximum atomic E-state index is 12.3. The molecule has 26 heavy (non-hydrogen) atoms. The lowest BCUT2D eigenvalue weighted by Gasteiger charge is -2.12. The van der Waals surface area contributed by atoms with Gasteiger partial charge in [-0.05, 0) is 29.8 Å². The Kier molecular flexibility index (Phi) is 6.05. The number of hydrogen-bond acceptors (Lipinski definition) is 6. The molecule has 0 aliphatic heterocycles. The van der Waals surface area contributed by atoms with Crippen LogP contribution in [0.5, 0.6) is 11.5 Å². The summed E-state index contributed by atoms with van der Waals surface area (Å²) in [5, 5.41) is 10.6. The standard InChI is InChI=1S/C15H14F2N2O6S/c1-24-14-8-10(2-7-13(14)25-15(16)17)9-18-26(22,23)12-5-3-11(4-6-12)19(20)21/h2-8,15,18H,9H2,1H3. The number of nitrogens with zero attached hydrogens (tertiary/aromatic N) is 1. The van der Waals surface area contributed by atoms with Gasteiger partial charge in [0.2, 0.25) is 10.0 Å². The van der Waals surface area contributed by atoms with Crippen LogP contribution in [0.4, 0.5) is 14.5 Å². The highest BCUT2D eigenvalue weighted by atomic mass is 32.2. The van der Waals surface area contributed by atoms with Gasteiger partial charge in [0.15, 0.2) is 11.5 Å². The Bertz CT molecular complexity index is 888. The number of methoxy groups -OCH3 is 1. The maximum absolute atomic E-state index is 12.3. The molecule has 11 heteroatoms. The average Bonchev–Trinajstić information content (AvgIpc) is 2.60. The van der Waals surface area contributed by atoms with Crippen molar-refractivity contribution in [2.75, 3.05) is 7.11 Å². The van der Waals surface area contributed by atoms with E-state index in [-0.39, 0.29) is 28.6 Å². The van der Waals surface area contributed by atoms with Gasteiger partial charge in [0.1, 0.15) is 0 Å². The molecule has 0 fully saturated rings. The van der Waals surface area contributed by atoms with Crippen molar-refractivity contribution in [3.05, 3.63) is 58.1 Å². The Morgan fingerprint density at radius 3 is 2.35 bits per heavy atom. The summed E-state index contributed by atoms with van der Waals surface area (Å²) in [6.07, 6.45) is 0. The van der Waals surface area contributed by atoms with E-state index >= 15 is 0 Å². The van der Waals surface area contributed by atoms with Crippen LogP contribution in [0, 0.1) is 10.1 Å². The predicted molar refractivity (Wildman–Crippen MR) is 86.7 cm³/mol. The van der Waals surface area contributed by atoms with Crippen LogP contribution in [0.2, 0.25) is 0 Å². The van der Waals surface area contributed by atoms with E-state index in [4.69, 9.17) is 4.74 Å². The largest absolute Gasteiger partial charge is 0.493 e. The molecule has 0 aromatic heterocycles. The molecule has 2 aromatic carbocycles.